The van der Waals surface area contributed by atoms with Crippen molar-refractivity contribution in [2.45, 2.75) is 46.1 Å². The fourth-order valence-electron chi connectivity index (χ4n) is 2.20. The fraction of sp³-hybridized carbons (Fsp3) is 0.600. The molecule has 0 aromatic carbocycles. The highest BCUT2D eigenvalue weighted by molar-refractivity contribution is 6.43. The molecule has 2 amide bonds. The molecule has 24 heavy (non-hydrogen) atoms. The van der Waals surface area contributed by atoms with Gasteiger partial charge in [-0.15, -0.1) is 0 Å². The maximum atomic E-state index is 12.5. The molecule has 4 N–H and O–H groups in total. The van der Waals surface area contributed by atoms with E-state index in [1.54, 1.807) is 13.8 Å². The average Bonchev–Trinajstić information content (AvgIpc) is 2.51. The highest BCUT2D eigenvalue weighted by atomic mass is 16.4. The molecular formula is C15H25BN4O4. The molecule has 132 valence electrons. The van der Waals surface area contributed by atoms with E-state index in [1.165, 1.54) is 18.6 Å². The SMILES string of the molecule is CC(C)C[C@H](NC(=O)[C@H](NC(=O)c1cnccn1)C(C)C)B(O)O. The van der Waals surface area contributed by atoms with Crippen molar-refractivity contribution < 1.29 is 19.6 Å². The summed E-state index contributed by atoms with van der Waals surface area (Å²) < 4.78 is 0. The van der Waals surface area contributed by atoms with E-state index in [4.69, 9.17) is 0 Å². The van der Waals surface area contributed by atoms with Crippen molar-refractivity contribution in [3.05, 3.63) is 24.3 Å². The molecule has 1 aromatic heterocycles. The van der Waals surface area contributed by atoms with Crippen LogP contribution in [0.1, 0.15) is 44.6 Å². The van der Waals surface area contributed by atoms with Crippen molar-refractivity contribution >= 4 is 18.9 Å². The first-order valence-electron chi connectivity index (χ1n) is 7.95. The van der Waals surface area contributed by atoms with E-state index in [9.17, 15) is 19.6 Å². The molecule has 0 aliphatic carbocycles. The summed E-state index contributed by atoms with van der Waals surface area (Å²) in [4.78, 5) is 32.3. The third kappa shape index (κ3) is 6.25. The zero-order valence-corrected chi connectivity index (χ0v) is 14.4. The van der Waals surface area contributed by atoms with Crippen LogP contribution in [-0.2, 0) is 4.79 Å². The fourth-order valence-corrected chi connectivity index (χ4v) is 2.20. The summed E-state index contributed by atoms with van der Waals surface area (Å²) in [5, 5.41) is 24.1. The topological polar surface area (TPSA) is 124 Å². The Bertz CT molecular complexity index is 540. The van der Waals surface area contributed by atoms with Crippen molar-refractivity contribution in [2.75, 3.05) is 0 Å². The van der Waals surface area contributed by atoms with Gasteiger partial charge in [-0.2, -0.15) is 0 Å². The molecule has 2 atom stereocenters. The summed E-state index contributed by atoms with van der Waals surface area (Å²) in [6.07, 6.45) is 4.55. The minimum atomic E-state index is -1.67. The normalized spacial score (nSPS) is 13.5. The molecule has 8 nitrogen and oxygen atoms in total. The Kier molecular flexibility index (Phi) is 7.80. The van der Waals surface area contributed by atoms with Crippen LogP contribution in [0.25, 0.3) is 0 Å². The van der Waals surface area contributed by atoms with E-state index in [-0.39, 0.29) is 17.5 Å². The Morgan fingerprint density at radius 1 is 1.17 bits per heavy atom. The predicted octanol–water partition coefficient (Wildman–Crippen LogP) is -0.226. The molecule has 0 bridgehead atoms. The maximum Gasteiger partial charge on any atom is 0.475 e. The van der Waals surface area contributed by atoms with Gasteiger partial charge in [-0.05, 0) is 18.3 Å². The van der Waals surface area contributed by atoms with Gasteiger partial charge >= 0.3 is 7.12 Å². The van der Waals surface area contributed by atoms with Crippen LogP contribution in [0.4, 0.5) is 0 Å². The standard InChI is InChI=1S/C15H25BN4O4/c1-9(2)7-12(16(23)24)19-15(22)13(10(3)4)20-14(21)11-8-17-5-6-18-11/h5-6,8-10,12-13,23-24H,7H2,1-4H3,(H,19,22)(H,20,21)/t12-,13+/m0/s1. The summed E-state index contributed by atoms with van der Waals surface area (Å²) in [5.74, 6) is -1.81. The zero-order valence-electron chi connectivity index (χ0n) is 14.4. The molecule has 1 aromatic rings. The molecule has 0 saturated carbocycles. The maximum absolute atomic E-state index is 12.5. The van der Waals surface area contributed by atoms with E-state index in [0.717, 1.165) is 0 Å². The number of nitrogens with zero attached hydrogens (tertiary/aromatic N) is 2. The molecule has 0 spiro atoms. The van der Waals surface area contributed by atoms with Gasteiger partial charge in [-0.1, -0.05) is 27.7 Å². The molecule has 0 unspecified atom stereocenters. The van der Waals surface area contributed by atoms with Crippen molar-refractivity contribution in [3.63, 3.8) is 0 Å². The average molecular weight is 336 g/mol. The first-order chi connectivity index (χ1) is 11.2. The molecule has 0 aliphatic rings. The third-order valence-corrected chi connectivity index (χ3v) is 3.44. The van der Waals surface area contributed by atoms with Gasteiger partial charge in [0, 0.05) is 12.4 Å². The van der Waals surface area contributed by atoms with Crippen molar-refractivity contribution in [1.82, 2.24) is 20.6 Å². The van der Waals surface area contributed by atoms with Crippen LogP contribution < -0.4 is 10.6 Å². The first kappa shape index (κ1) is 20.1. The lowest BCUT2D eigenvalue weighted by atomic mass is 9.75. The largest absolute Gasteiger partial charge is 0.475 e. The number of nitrogens with one attached hydrogen (secondary N) is 2. The molecule has 0 saturated heterocycles. The van der Waals surface area contributed by atoms with E-state index in [0.29, 0.717) is 6.42 Å². The quantitative estimate of drug-likeness (QED) is 0.486. The molecule has 1 rings (SSSR count). The lowest BCUT2D eigenvalue weighted by Crippen LogP contribution is -2.56. The highest BCUT2D eigenvalue weighted by Gasteiger charge is 2.31. The first-order valence-corrected chi connectivity index (χ1v) is 7.95. The number of amides is 2. The summed E-state index contributed by atoms with van der Waals surface area (Å²) >= 11 is 0. The van der Waals surface area contributed by atoms with Gasteiger partial charge in [-0.25, -0.2) is 4.98 Å². The van der Waals surface area contributed by atoms with Crippen molar-refractivity contribution in [3.8, 4) is 0 Å². The van der Waals surface area contributed by atoms with Crippen molar-refractivity contribution in [2.24, 2.45) is 11.8 Å². The zero-order chi connectivity index (χ0) is 18.3. The van der Waals surface area contributed by atoms with Gasteiger partial charge in [0.2, 0.25) is 5.91 Å². The number of aromatic nitrogens is 2. The second-order valence-corrected chi connectivity index (χ2v) is 6.44. The van der Waals surface area contributed by atoms with Crippen LogP contribution in [-0.4, -0.2) is 50.9 Å². The Balaban J connectivity index is 2.79. The number of hydrogen-bond donors (Lipinski definition) is 4. The summed E-state index contributed by atoms with van der Waals surface area (Å²) in [6.45, 7) is 7.40. The van der Waals surface area contributed by atoms with E-state index in [1.807, 2.05) is 13.8 Å². The Hall–Kier alpha value is -2.00. The van der Waals surface area contributed by atoms with Gasteiger partial charge in [0.25, 0.3) is 5.91 Å². The Labute approximate surface area is 142 Å². The summed E-state index contributed by atoms with van der Waals surface area (Å²) in [6, 6.07) is -0.826. The summed E-state index contributed by atoms with van der Waals surface area (Å²) in [5.41, 5.74) is 0.108. The Morgan fingerprint density at radius 2 is 1.83 bits per heavy atom. The van der Waals surface area contributed by atoms with Gasteiger partial charge in [0.1, 0.15) is 11.7 Å². The van der Waals surface area contributed by atoms with Crippen LogP contribution in [0.5, 0.6) is 0 Å². The van der Waals surface area contributed by atoms with Crippen LogP contribution in [0.2, 0.25) is 0 Å². The summed E-state index contributed by atoms with van der Waals surface area (Å²) in [7, 11) is -1.67. The predicted molar refractivity (Wildman–Crippen MR) is 89.7 cm³/mol. The van der Waals surface area contributed by atoms with Crippen LogP contribution in [0.3, 0.4) is 0 Å². The molecule has 1 heterocycles. The monoisotopic (exact) mass is 336 g/mol. The van der Waals surface area contributed by atoms with E-state index >= 15 is 0 Å². The van der Waals surface area contributed by atoms with Crippen molar-refractivity contribution in [1.29, 1.82) is 0 Å². The molecule has 0 fully saturated rings. The molecule has 0 aliphatic heterocycles. The van der Waals surface area contributed by atoms with Crippen LogP contribution in [0, 0.1) is 11.8 Å². The van der Waals surface area contributed by atoms with Gasteiger partial charge in [0.15, 0.2) is 0 Å². The molecule has 0 radical (unpaired) electrons. The van der Waals surface area contributed by atoms with Gasteiger partial charge < -0.3 is 20.7 Å². The molecule has 9 heteroatoms. The Morgan fingerprint density at radius 3 is 2.29 bits per heavy atom. The van der Waals surface area contributed by atoms with E-state index in [2.05, 4.69) is 20.6 Å². The van der Waals surface area contributed by atoms with Gasteiger partial charge in [-0.3, -0.25) is 14.6 Å². The second-order valence-electron chi connectivity index (χ2n) is 6.44. The number of hydrogen-bond acceptors (Lipinski definition) is 6. The second kappa shape index (κ2) is 9.34. The number of carbonyl (C=O) groups excluding carboxylic acids is 2. The molecular weight excluding hydrogens is 311 g/mol. The lowest BCUT2D eigenvalue weighted by molar-refractivity contribution is -0.124. The van der Waals surface area contributed by atoms with Gasteiger partial charge in [0.05, 0.1) is 12.1 Å². The third-order valence-electron chi connectivity index (χ3n) is 3.44. The van der Waals surface area contributed by atoms with E-state index < -0.39 is 30.9 Å². The smallest absolute Gasteiger partial charge is 0.426 e. The highest BCUT2D eigenvalue weighted by Crippen LogP contribution is 2.09. The number of rotatable bonds is 8. The minimum Gasteiger partial charge on any atom is -0.426 e. The van der Waals surface area contributed by atoms with Crippen LogP contribution >= 0.6 is 0 Å². The van der Waals surface area contributed by atoms with Crippen LogP contribution in [0.15, 0.2) is 18.6 Å². The minimum absolute atomic E-state index is 0.108. The number of carbonyl (C=O) groups is 2. The lowest BCUT2D eigenvalue weighted by Gasteiger charge is -2.26.